The van der Waals surface area contributed by atoms with Crippen molar-refractivity contribution in [3.8, 4) is 0 Å². The summed E-state index contributed by atoms with van der Waals surface area (Å²) in [4.78, 5) is 2.10. The SMILES string of the molecule is C=C(C)C(F)(F)c1ccc(C2CCCN3CCS(=O)(=O)C=C23)cc1. The number of alkyl halides is 2. The lowest BCUT2D eigenvalue weighted by Crippen LogP contribution is -2.39. The third-order valence-corrected chi connectivity index (χ3v) is 6.15. The molecule has 24 heavy (non-hydrogen) atoms. The van der Waals surface area contributed by atoms with Crippen molar-refractivity contribution in [3.05, 3.63) is 58.6 Å². The monoisotopic (exact) mass is 353 g/mol. The van der Waals surface area contributed by atoms with E-state index in [2.05, 4.69) is 11.5 Å². The van der Waals surface area contributed by atoms with Crippen LogP contribution in [0.4, 0.5) is 8.78 Å². The van der Waals surface area contributed by atoms with Crippen LogP contribution in [0.3, 0.4) is 0 Å². The Morgan fingerprint density at radius 1 is 1.25 bits per heavy atom. The number of piperidine rings is 1. The zero-order chi connectivity index (χ0) is 17.5. The van der Waals surface area contributed by atoms with Crippen LogP contribution in [0.25, 0.3) is 0 Å². The summed E-state index contributed by atoms with van der Waals surface area (Å²) in [5, 5.41) is 1.37. The van der Waals surface area contributed by atoms with Crippen LogP contribution in [-0.4, -0.2) is 32.2 Å². The van der Waals surface area contributed by atoms with Crippen molar-refractivity contribution in [1.82, 2.24) is 4.90 Å². The van der Waals surface area contributed by atoms with Gasteiger partial charge in [0, 0.05) is 30.3 Å². The first-order valence-electron chi connectivity index (χ1n) is 8.04. The summed E-state index contributed by atoms with van der Waals surface area (Å²) in [6.45, 7) is 6.02. The molecule has 1 aromatic rings. The van der Waals surface area contributed by atoms with Crippen LogP contribution >= 0.6 is 0 Å². The fourth-order valence-electron chi connectivity index (χ4n) is 3.37. The molecule has 6 heteroatoms. The fraction of sp³-hybridized carbons (Fsp3) is 0.444. The third-order valence-electron chi connectivity index (χ3n) is 4.80. The molecule has 0 radical (unpaired) electrons. The van der Waals surface area contributed by atoms with E-state index in [1.54, 1.807) is 12.1 Å². The fourth-order valence-corrected chi connectivity index (χ4v) is 4.64. The predicted molar refractivity (Wildman–Crippen MR) is 90.6 cm³/mol. The third kappa shape index (κ3) is 3.11. The van der Waals surface area contributed by atoms with Gasteiger partial charge in [0.25, 0.3) is 5.92 Å². The van der Waals surface area contributed by atoms with Crippen molar-refractivity contribution in [2.75, 3.05) is 18.8 Å². The van der Waals surface area contributed by atoms with Gasteiger partial charge in [-0.25, -0.2) is 8.42 Å². The van der Waals surface area contributed by atoms with Crippen LogP contribution in [0.15, 0.2) is 47.5 Å². The van der Waals surface area contributed by atoms with Crippen LogP contribution in [0.2, 0.25) is 0 Å². The molecule has 0 aromatic heterocycles. The molecule has 0 aliphatic carbocycles. The van der Waals surface area contributed by atoms with E-state index in [1.807, 2.05) is 0 Å². The van der Waals surface area contributed by atoms with Gasteiger partial charge in [-0.3, -0.25) is 0 Å². The number of nitrogens with zero attached hydrogens (tertiary/aromatic N) is 1. The summed E-state index contributed by atoms with van der Waals surface area (Å²) in [5.41, 5.74) is 1.40. The molecule has 3 rings (SSSR count). The minimum atomic E-state index is -3.17. The Balaban J connectivity index is 1.94. The zero-order valence-corrected chi connectivity index (χ0v) is 14.5. The first-order chi connectivity index (χ1) is 11.2. The average molecular weight is 353 g/mol. The van der Waals surface area contributed by atoms with Crippen LogP contribution in [0, 0.1) is 0 Å². The van der Waals surface area contributed by atoms with Gasteiger partial charge in [-0.05, 0) is 30.9 Å². The van der Waals surface area contributed by atoms with Gasteiger partial charge < -0.3 is 4.90 Å². The first-order valence-corrected chi connectivity index (χ1v) is 9.76. The van der Waals surface area contributed by atoms with Crippen LogP contribution in [-0.2, 0) is 15.8 Å². The second-order valence-electron chi connectivity index (χ2n) is 6.57. The highest BCUT2D eigenvalue weighted by molar-refractivity contribution is 7.94. The molecule has 0 amide bonds. The van der Waals surface area contributed by atoms with Crippen molar-refractivity contribution in [3.63, 3.8) is 0 Å². The maximum Gasteiger partial charge on any atom is 0.294 e. The maximum absolute atomic E-state index is 14.0. The van der Waals surface area contributed by atoms with E-state index in [-0.39, 0.29) is 22.8 Å². The molecule has 2 heterocycles. The number of allylic oxidation sites excluding steroid dienone is 2. The maximum atomic E-state index is 14.0. The highest BCUT2D eigenvalue weighted by Gasteiger charge is 2.34. The molecule has 1 unspecified atom stereocenters. The second kappa shape index (κ2) is 5.99. The van der Waals surface area contributed by atoms with Gasteiger partial charge in [0.1, 0.15) is 0 Å². The molecule has 130 valence electrons. The number of rotatable bonds is 3. The Labute approximate surface area is 141 Å². The van der Waals surface area contributed by atoms with E-state index in [4.69, 9.17) is 0 Å². The van der Waals surface area contributed by atoms with Gasteiger partial charge in [-0.1, -0.05) is 30.8 Å². The summed E-state index contributed by atoms with van der Waals surface area (Å²) in [5.74, 6) is -2.96. The van der Waals surface area contributed by atoms with Gasteiger partial charge in [-0.15, -0.1) is 0 Å². The summed E-state index contributed by atoms with van der Waals surface area (Å²) in [7, 11) is -3.17. The van der Waals surface area contributed by atoms with Crippen molar-refractivity contribution in [2.45, 2.75) is 31.6 Å². The minimum absolute atomic E-state index is 0.0543. The van der Waals surface area contributed by atoms with Gasteiger partial charge in [0.2, 0.25) is 0 Å². The Morgan fingerprint density at radius 3 is 2.54 bits per heavy atom. The zero-order valence-electron chi connectivity index (χ0n) is 13.6. The van der Waals surface area contributed by atoms with Crippen LogP contribution in [0.1, 0.15) is 36.8 Å². The summed E-state index contributed by atoms with van der Waals surface area (Å²) < 4.78 is 51.9. The minimum Gasteiger partial charge on any atom is -0.373 e. The first kappa shape index (κ1) is 17.1. The smallest absolute Gasteiger partial charge is 0.294 e. The molecule has 1 aromatic carbocycles. The standard InChI is InChI=1S/C18H21F2NO2S/c1-13(2)18(19,20)15-7-5-14(6-8-15)16-4-3-9-21-10-11-24(22,23)12-17(16)21/h5-8,12,16H,1,3-4,9-11H2,2H3. The number of halogens is 2. The number of hydrogen-bond donors (Lipinski definition) is 0. The normalized spacial score (nSPS) is 23.4. The van der Waals surface area contributed by atoms with Gasteiger partial charge >= 0.3 is 0 Å². The van der Waals surface area contributed by atoms with Crippen molar-refractivity contribution >= 4 is 9.84 Å². The van der Waals surface area contributed by atoms with Crippen molar-refractivity contribution in [1.29, 1.82) is 0 Å². The molecule has 0 N–H and O–H groups in total. The highest BCUT2D eigenvalue weighted by Crippen LogP contribution is 2.39. The molecule has 2 aliphatic heterocycles. The number of benzene rings is 1. The Hall–Kier alpha value is -1.69. The molecular formula is C18H21F2NO2S. The van der Waals surface area contributed by atoms with E-state index in [0.717, 1.165) is 30.6 Å². The summed E-state index contributed by atoms with van der Waals surface area (Å²) in [6, 6.07) is 6.20. The van der Waals surface area contributed by atoms with Crippen LogP contribution in [0.5, 0.6) is 0 Å². The van der Waals surface area contributed by atoms with Crippen molar-refractivity contribution < 1.29 is 17.2 Å². The molecule has 2 aliphatic rings. The Bertz CT molecular complexity index is 782. The largest absolute Gasteiger partial charge is 0.373 e. The number of sulfone groups is 1. The number of hydrogen-bond acceptors (Lipinski definition) is 3. The summed E-state index contributed by atoms with van der Waals surface area (Å²) >= 11 is 0. The average Bonchev–Trinajstić information content (AvgIpc) is 2.53. The molecule has 3 nitrogen and oxygen atoms in total. The lowest BCUT2D eigenvalue weighted by atomic mass is 9.86. The lowest BCUT2D eigenvalue weighted by molar-refractivity contribution is 0.0385. The van der Waals surface area contributed by atoms with Crippen molar-refractivity contribution in [2.24, 2.45) is 0 Å². The van der Waals surface area contributed by atoms with Gasteiger partial charge in [0.05, 0.1) is 11.2 Å². The molecule has 0 bridgehead atoms. The Morgan fingerprint density at radius 2 is 1.92 bits per heavy atom. The molecule has 1 fully saturated rings. The van der Waals surface area contributed by atoms with E-state index in [1.165, 1.54) is 24.5 Å². The topological polar surface area (TPSA) is 37.4 Å². The number of fused-ring (bicyclic) bond motifs is 1. The lowest BCUT2D eigenvalue weighted by Gasteiger charge is -2.39. The van der Waals surface area contributed by atoms with Gasteiger partial charge in [0.15, 0.2) is 9.84 Å². The second-order valence-corrected chi connectivity index (χ2v) is 8.54. The van der Waals surface area contributed by atoms with E-state index in [9.17, 15) is 17.2 Å². The molecule has 1 atom stereocenters. The van der Waals surface area contributed by atoms with E-state index in [0.29, 0.717) is 6.54 Å². The van der Waals surface area contributed by atoms with E-state index >= 15 is 0 Å². The quantitative estimate of drug-likeness (QED) is 0.776. The van der Waals surface area contributed by atoms with E-state index < -0.39 is 15.8 Å². The molecule has 1 saturated heterocycles. The van der Waals surface area contributed by atoms with Gasteiger partial charge in [-0.2, -0.15) is 8.78 Å². The summed E-state index contributed by atoms with van der Waals surface area (Å²) in [6.07, 6.45) is 1.79. The molecular weight excluding hydrogens is 332 g/mol. The highest BCUT2D eigenvalue weighted by atomic mass is 32.2. The predicted octanol–water partition coefficient (Wildman–Crippen LogP) is 3.80. The molecule has 0 spiro atoms. The molecule has 0 saturated carbocycles. The Kier molecular flexibility index (Phi) is 4.28. The van der Waals surface area contributed by atoms with Crippen LogP contribution < -0.4 is 0 Å².